The molecule has 8 heteroatoms. The average Bonchev–Trinajstić information content (AvgIpc) is 3.26. The number of carbonyl (C=O) groups is 1. The van der Waals surface area contributed by atoms with Crippen LogP contribution in [0.3, 0.4) is 0 Å². The quantitative estimate of drug-likeness (QED) is 0.579. The molecule has 0 aliphatic heterocycles. The Bertz CT molecular complexity index is 1060. The fourth-order valence-corrected chi connectivity index (χ4v) is 5.80. The molecular formula is C23H29ClN2O4S. The van der Waals surface area contributed by atoms with Gasteiger partial charge >= 0.3 is 0 Å². The molecule has 0 radical (unpaired) electrons. The van der Waals surface area contributed by atoms with Gasteiger partial charge in [0.05, 0.1) is 7.11 Å². The van der Waals surface area contributed by atoms with Crippen molar-refractivity contribution in [1.82, 2.24) is 4.72 Å². The van der Waals surface area contributed by atoms with Gasteiger partial charge in [-0.25, -0.2) is 13.1 Å². The third-order valence-electron chi connectivity index (χ3n) is 5.71. The van der Waals surface area contributed by atoms with Gasteiger partial charge in [0.25, 0.3) is 5.91 Å². The number of methoxy groups -OCH3 is 1. The summed E-state index contributed by atoms with van der Waals surface area (Å²) in [5.41, 5.74) is 2.75. The fraction of sp³-hybridized carbons (Fsp3) is 0.435. The number of aryl methyl sites for hydroxylation is 1. The Morgan fingerprint density at radius 3 is 2.45 bits per heavy atom. The van der Waals surface area contributed by atoms with E-state index in [0.29, 0.717) is 17.1 Å². The molecule has 0 atom stereocenters. The second kappa shape index (κ2) is 10.0. The predicted octanol–water partition coefficient (Wildman–Crippen LogP) is 4.95. The van der Waals surface area contributed by atoms with Crippen molar-refractivity contribution in [2.75, 3.05) is 12.4 Å². The van der Waals surface area contributed by atoms with Crippen LogP contribution in [-0.4, -0.2) is 27.5 Å². The summed E-state index contributed by atoms with van der Waals surface area (Å²) in [5, 5.41) is 3.54. The summed E-state index contributed by atoms with van der Waals surface area (Å²) in [6.07, 6.45) is 5.03. The lowest BCUT2D eigenvalue weighted by atomic mass is 10.0. The van der Waals surface area contributed by atoms with Gasteiger partial charge in [0.2, 0.25) is 10.0 Å². The molecule has 0 saturated heterocycles. The largest absolute Gasteiger partial charge is 0.495 e. The highest BCUT2D eigenvalue weighted by Gasteiger charge is 2.27. The number of halogens is 1. The van der Waals surface area contributed by atoms with Crippen molar-refractivity contribution in [2.24, 2.45) is 0 Å². The van der Waals surface area contributed by atoms with Gasteiger partial charge in [0, 0.05) is 22.3 Å². The monoisotopic (exact) mass is 464 g/mol. The maximum Gasteiger partial charge on any atom is 0.255 e. The zero-order valence-corrected chi connectivity index (χ0v) is 19.7. The van der Waals surface area contributed by atoms with Crippen molar-refractivity contribution >= 4 is 33.2 Å². The summed E-state index contributed by atoms with van der Waals surface area (Å²) >= 11 is 6.34. The van der Waals surface area contributed by atoms with E-state index in [2.05, 4.69) is 10.0 Å². The topological polar surface area (TPSA) is 84.5 Å². The number of rotatable bonds is 8. The molecule has 6 nitrogen and oxygen atoms in total. The highest BCUT2D eigenvalue weighted by Crippen LogP contribution is 2.31. The van der Waals surface area contributed by atoms with Crippen LogP contribution in [0.15, 0.2) is 35.2 Å². The summed E-state index contributed by atoms with van der Waals surface area (Å²) in [4.78, 5) is 13.0. The first-order chi connectivity index (χ1) is 14.8. The van der Waals surface area contributed by atoms with Gasteiger partial charge in [0.15, 0.2) is 0 Å². The van der Waals surface area contributed by atoms with Crippen LogP contribution >= 0.6 is 11.6 Å². The van der Waals surface area contributed by atoms with Gasteiger partial charge in [-0.3, -0.25) is 4.79 Å². The number of amides is 1. The zero-order valence-electron chi connectivity index (χ0n) is 18.1. The van der Waals surface area contributed by atoms with Crippen molar-refractivity contribution in [1.29, 1.82) is 0 Å². The highest BCUT2D eigenvalue weighted by atomic mass is 35.5. The zero-order chi connectivity index (χ0) is 22.6. The lowest BCUT2D eigenvalue weighted by Crippen LogP contribution is -2.33. The van der Waals surface area contributed by atoms with Crippen LogP contribution < -0.4 is 14.8 Å². The van der Waals surface area contributed by atoms with E-state index in [1.807, 2.05) is 26.0 Å². The molecule has 0 spiro atoms. The van der Waals surface area contributed by atoms with Crippen LogP contribution in [0.25, 0.3) is 0 Å². The smallest absolute Gasteiger partial charge is 0.255 e. The van der Waals surface area contributed by atoms with Crippen LogP contribution in [0.2, 0.25) is 5.02 Å². The fourth-order valence-electron chi connectivity index (χ4n) is 4.01. The lowest BCUT2D eigenvalue weighted by Gasteiger charge is -2.17. The van der Waals surface area contributed by atoms with Crippen molar-refractivity contribution in [3.05, 3.63) is 52.0 Å². The normalized spacial score (nSPS) is 14.6. The number of anilines is 1. The Morgan fingerprint density at radius 1 is 1.13 bits per heavy atom. The molecule has 2 aromatic rings. The molecule has 2 aromatic carbocycles. The number of hydrogen-bond acceptors (Lipinski definition) is 4. The van der Waals surface area contributed by atoms with Crippen molar-refractivity contribution in [3.8, 4) is 5.75 Å². The summed E-state index contributed by atoms with van der Waals surface area (Å²) in [7, 11) is -2.41. The Labute approximate surface area is 189 Å². The van der Waals surface area contributed by atoms with E-state index in [4.69, 9.17) is 16.3 Å². The molecule has 168 valence electrons. The van der Waals surface area contributed by atoms with Gasteiger partial charge in [-0.15, -0.1) is 0 Å². The van der Waals surface area contributed by atoms with Crippen LogP contribution in [-0.2, 0) is 22.9 Å². The first-order valence-electron chi connectivity index (χ1n) is 10.6. The third kappa shape index (κ3) is 5.22. The molecule has 2 N–H and O–H groups in total. The molecule has 31 heavy (non-hydrogen) atoms. The standard InChI is InChI=1S/C23H29ClN2O4S/c1-4-15-10-12-19(24)18(5-2)22(15)25-23(27)16-11-13-20(30-3)21(14-16)31(28,29)26-17-8-6-7-9-17/h10-14,17,26H,4-9H2,1-3H3,(H,25,27). The minimum atomic E-state index is -3.82. The van der Waals surface area contributed by atoms with E-state index in [0.717, 1.165) is 43.2 Å². The summed E-state index contributed by atoms with van der Waals surface area (Å²) in [6.45, 7) is 3.98. The number of nitrogens with one attached hydrogen (secondary N) is 2. The maximum atomic E-state index is 13.1. The number of hydrogen-bond donors (Lipinski definition) is 2. The van der Waals surface area contributed by atoms with Gasteiger partial charge in [-0.1, -0.05) is 44.4 Å². The summed E-state index contributed by atoms with van der Waals surface area (Å²) < 4.78 is 34.0. The van der Waals surface area contributed by atoms with E-state index >= 15 is 0 Å². The van der Waals surface area contributed by atoms with E-state index in [9.17, 15) is 13.2 Å². The van der Waals surface area contributed by atoms with E-state index < -0.39 is 15.9 Å². The molecule has 0 bridgehead atoms. The van der Waals surface area contributed by atoms with Crippen LogP contribution in [0.4, 0.5) is 5.69 Å². The maximum absolute atomic E-state index is 13.1. The lowest BCUT2D eigenvalue weighted by molar-refractivity contribution is 0.102. The SMILES string of the molecule is CCc1ccc(Cl)c(CC)c1NC(=O)c1ccc(OC)c(S(=O)(=O)NC2CCCC2)c1. The Morgan fingerprint density at radius 2 is 1.84 bits per heavy atom. The van der Waals surface area contributed by atoms with Crippen LogP contribution in [0.5, 0.6) is 5.75 Å². The van der Waals surface area contributed by atoms with Gasteiger partial charge in [-0.2, -0.15) is 0 Å². The second-order valence-electron chi connectivity index (χ2n) is 7.69. The Kier molecular flexibility index (Phi) is 7.62. The third-order valence-corrected chi connectivity index (χ3v) is 7.60. The molecule has 0 unspecified atom stereocenters. The number of ether oxygens (including phenoxy) is 1. The van der Waals surface area contributed by atoms with Gasteiger partial charge < -0.3 is 10.1 Å². The Hall–Kier alpha value is -2.09. The van der Waals surface area contributed by atoms with Gasteiger partial charge in [0.1, 0.15) is 10.6 Å². The number of benzene rings is 2. The minimum Gasteiger partial charge on any atom is -0.495 e. The number of sulfonamides is 1. The minimum absolute atomic E-state index is 0.0351. The van der Waals surface area contributed by atoms with E-state index in [1.165, 1.54) is 19.2 Å². The number of carbonyl (C=O) groups excluding carboxylic acids is 1. The van der Waals surface area contributed by atoms with E-state index in [1.54, 1.807) is 6.07 Å². The molecule has 1 fully saturated rings. The van der Waals surface area contributed by atoms with Crippen molar-refractivity contribution < 1.29 is 17.9 Å². The highest BCUT2D eigenvalue weighted by molar-refractivity contribution is 7.89. The first kappa shape index (κ1) is 23.6. The summed E-state index contributed by atoms with van der Waals surface area (Å²) in [5.74, 6) is -0.195. The second-order valence-corrected chi connectivity index (χ2v) is 9.78. The molecule has 1 saturated carbocycles. The molecule has 1 amide bonds. The molecule has 0 heterocycles. The Balaban J connectivity index is 1.95. The predicted molar refractivity (Wildman–Crippen MR) is 124 cm³/mol. The average molecular weight is 465 g/mol. The van der Waals surface area contributed by atoms with Gasteiger partial charge in [-0.05, 0) is 61.1 Å². The van der Waals surface area contributed by atoms with Crippen LogP contribution in [0, 0.1) is 0 Å². The molecular weight excluding hydrogens is 436 g/mol. The first-order valence-corrected chi connectivity index (χ1v) is 12.5. The van der Waals surface area contributed by atoms with Crippen molar-refractivity contribution in [3.63, 3.8) is 0 Å². The van der Waals surface area contributed by atoms with Crippen LogP contribution in [0.1, 0.15) is 61.0 Å². The molecule has 0 aromatic heterocycles. The van der Waals surface area contributed by atoms with E-state index in [-0.39, 0.29) is 22.3 Å². The molecule has 1 aliphatic carbocycles. The molecule has 1 aliphatic rings. The summed E-state index contributed by atoms with van der Waals surface area (Å²) in [6, 6.07) is 8.08. The molecule has 3 rings (SSSR count). The van der Waals surface area contributed by atoms with Crippen molar-refractivity contribution in [2.45, 2.75) is 63.3 Å².